The van der Waals surface area contributed by atoms with Crippen LogP contribution >= 0.6 is 0 Å². The molecule has 1 radical (unpaired) electrons. The molecule has 0 heterocycles. The van der Waals surface area contributed by atoms with Crippen LogP contribution in [0.15, 0.2) is 0 Å². The van der Waals surface area contributed by atoms with E-state index in [0.717, 1.165) is 19.3 Å². The minimum atomic E-state index is -0.425. The zero-order chi connectivity index (χ0) is 7.11. The molecule has 0 unspecified atom stereocenters. The Bertz CT molecular complexity index is 79.0. The van der Waals surface area contributed by atoms with Crippen molar-refractivity contribution in [1.29, 1.82) is 0 Å². The van der Waals surface area contributed by atoms with Crippen LogP contribution in [-0.4, -0.2) is 12.6 Å². The lowest BCUT2D eigenvalue weighted by Gasteiger charge is -1.98. The Balaban J connectivity index is 2.83. The van der Waals surface area contributed by atoms with Gasteiger partial charge in [0.15, 0.2) is 0 Å². The van der Waals surface area contributed by atoms with Gasteiger partial charge in [-0.05, 0) is 6.42 Å². The van der Waals surface area contributed by atoms with Crippen molar-refractivity contribution < 1.29 is 9.53 Å². The number of carbonyl (C=O) groups excluding carboxylic acids is 1. The molecular weight excluding hydrogens is 116 g/mol. The Kier molecular flexibility index (Phi) is 5.27. The third-order valence-corrected chi connectivity index (χ3v) is 1.01. The predicted molar refractivity (Wildman–Crippen MR) is 35.8 cm³/mol. The van der Waals surface area contributed by atoms with E-state index in [-0.39, 0.29) is 0 Å². The molecule has 2 heteroatoms. The maximum absolute atomic E-state index is 10.1. The van der Waals surface area contributed by atoms with Crippen LogP contribution in [0.2, 0.25) is 0 Å². The van der Waals surface area contributed by atoms with E-state index < -0.39 is 5.97 Å². The van der Waals surface area contributed by atoms with Crippen LogP contribution < -0.4 is 0 Å². The van der Waals surface area contributed by atoms with Crippen LogP contribution in [0, 0.1) is 6.92 Å². The van der Waals surface area contributed by atoms with E-state index in [4.69, 9.17) is 0 Å². The molecule has 0 aliphatic heterocycles. The topological polar surface area (TPSA) is 26.3 Å². The first-order valence-electron chi connectivity index (χ1n) is 3.26. The molecule has 0 fully saturated rings. The largest absolute Gasteiger partial charge is 0.466 e. The summed E-state index contributed by atoms with van der Waals surface area (Å²) in [5, 5.41) is 0. The predicted octanol–water partition coefficient (Wildman–Crippen LogP) is 1.55. The highest BCUT2D eigenvalue weighted by Crippen LogP contribution is 1.93. The first-order chi connectivity index (χ1) is 4.27. The van der Waals surface area contributed by atoms with Gasteiger partial charge < -0.3 is 4.74 Å². The lowest BCUT2D eigenvalue weighted by Crippen LogP contribution is -1.99. The van der Waals surface area contributed by atoms with E-state index in [1.807, 2.05) is 0 Å². The molecule has 2 nitrogen and oxygen atoms in total. The molecule has 0 amide bonds. The standard InChI is InChI=1S/C7H13O2/c1-3-4-5-6-9-7(2)8/h2-6H2,1H3. The summed E-state index contributed by atoms with van der Waals surface area (Å²) in [7, 11) is 0. The van der Waals surface area contributed by atoms with Crippen molar-refractivity contribution in [3.63, 3.8) is 0 Å². The summed E-state index contributed by atoms with van der Waals surface area (Å²) in [6.07, 6.45) is 3.22. The summed E-state index contributed by atoms with van der Waals surface area (Å²) in [5.74, 6) is -0.425. The maximum Gasteiger partial charge on any atom is 0.306 e. The Morgan fingerprint density at radius 2 is 2.22 bits per heavy atom. The summed E-state index contributed by atoms with van der Waals surface area (Å²) in [5.41, 5.74) is 0. The average molecular weight is 129 g/mol. The van der Waals surface area contributed by atoms with Gasteiger partial charge in [-0.2, -0.15) is 0 Å². The van der Waals surface area contributed by atoms with E-state index >= 15 is 0 Å². The van der Waals surface area contributed by atoms with Crippen molar-refractivity contribution in [1.82, 2.24) is 0 Å². The molecule has 0 rings (SSSR count). The number of ether oxygens (including phenoxy) is 1. The average Bonchev–Trinajstić information content (AvgIpc) is 1.80. The van der Waals surface area contributed by atoms with Crippen LogP contribution in [0.3, 0.4) is 0 Å². The minimum absolute atomic E-state index is 0.425. The van der Waals surface area contributed by atoms with Gasteiger partial charge in [-0.15, -0.1) is 0 Å². The summed E-state index contributed by atoms with van der Waals surface area (Å²) in [6, 6.07) is 0. The summed E-state index contributed by atoms with van der Waals surface area (Å²) < 4.78 is 4.59. The third-order valence-electron chi connectivity index (χ3n) is 1.01. The Morgan fingerprint density at radius 3 is 2.67 bits per heavy atom. The highest BCUT2D eigenvalue weighted by atomic mass is 16.5. The van der Waals surface area contributed by atoms with E-state index in [9.17, 15) is 4.79 Å². The lowest BCUT2D eigenvalue weighted by molar-refractivity contribution is -0.138. The van der Waals surface area contributed by atoms with Gasteiger partial charge in [-0.1, -0.05) is 19.8 Å². The molecule has 0 spiro atoms. The number of hydrogen-bond donors (Lipinski definition) is 0. The summed E-state index contributed by atoms with van der Waals surface area (Å²) in [6.45, 7) is 5.70. The number of esters is 1. The molecule has 0 aromatic heterocycles. The number of carbonyl (C=O) groups is 1. The van der Waals surface area contributed by atoms with Gasteiger partial charge in [0.1, 0.15) is 0 Å². The van der Waals surface area contributed by atoms with E-state index in [1.54, 1.807) is 0 Å². The van der Waals surface area contributed by atoms with Crippen molar-refractivity contribution in [3.8, 4) is 0 Å². The molecule has 0 aliphatic rings. The van der Waals surface area contributed by atoms with Crippen molar-refractivity contribution in [2.75, 3.05) is 6.61 Å². The van der Waals surface area contributed by atoms with Gasteiger partial charge in [0, 0.05) is 0 Å². The van der Waals surface area contributed by atoms with E-state index in [1.165, 1.54) is 0 Å². The van der Waals surface area contributed by atoms with Gasteiger partial charge in [0.2, 0.25) is 0 Å². The molecule has 0 bridgehead atoms. The Morgan fingerprint density at radius 1 is 1.56 bits per heavy atom. The molecule has 0 N–H and O–H groups in total. The van der Waals surface area contributed by atoms with Crippen LogP contribution in [0.25, 0.3) is 0 Å². The Labute approximate surface area is 56.2 Å². The van der Waals surface area contributed by atoms with Crippen molar-refractivity contribution in [2.24, 2.45) is 0 Å². The SMILES string of the molecule is [CH2]C(=O)OCCCCC. The fourth-order valence-corrected chi connectivity index (χ4v) is 0.538. The normalized spacial score (nSPS) is 9.11. The van der Waals surface area contributed by atoms with Crippen molar-refractivity contribution in [2.45, 2.75) is 26.2 Å². The fourth-order valence-electron chi connectivity index (χ4n) is 0.538. The minimum Gasteiger partial charge on any atom is -0.466 e. The van der Waals surface area contributed by atoms with Crippen LogP contribution in [-0.2, 0) is 9.53 Å². The van der Waals surface area contributed by atoms with Crippen molar-refractivity contribution >= 4 is 5.97 Å². The van der Waals surface area contributed by atoms with Crippen molar-refractivity contribution in [3.05, 3.63) is 6.92 Å². The molecule has 0 aliphatic carbocycles. The summed E-state index contributed by atoms with van der Waals surface area (Å²) >= 11 is 0. The van der Waals surface area contributed by atoms with E-state index in [0.29, 0.717) is 6.61 Å². The molecule has 0 saturated heterocycles. The zero-order valence-electron chi connectivity index (χ0n) is 5.85. The second kappa shape index (κ2) is 5.60. The first kappa shape index (κ1) is 8.47. The molecule has 0 atom stereocenters. The molecule has 0 aromatic carbocycles. The fraction of sp³-hybridized carbons (Fsp3) is 0.714. The highest BCUT2D eigenvalue weighted by molar-refractivity contribution is 5.73. The van der Waals surface area contributed by atoms with Gasteiger partial charge in [-0.25, -0.2) is 0 Å². The smallest absolute Gasteiger partial charge is 0.306 e. The number of rotatable bonds is 4. The molecule has 53 valence electrons. The molecule has 0 aromatic rings. The van der Waals surface area contributed by atoms with Crippen LogP contribution in [0.5, 0.6) is 0 Å². The van der Waals surface area contributed by atoms with Gasteiger partial charge in [0.25, 0.3) is 0 Å². The summed E-state index contributed by atoms with van der Waals surface area (Å²) in [4.78, 5) is 10.1. The van der Waals surface area contributed by atoms with Crippen LogP contribution in [0.4, 0.5) is 0 Å². The molecule has 0 saturated carbocycles. The number of unbranched alkanes of at least 4 members (excludes halogenated alkanes) is 2. The first-order valence-corrected chi connectivity index (χ1v) is 3.26. The quantitative estimate of drug-likeness (QED) is 0.425. The zero-order valence-corrected chi connectivity index (χ0v) is 5.85. The second-order valence-electron chi connectivity index (χ2n) is 1.93. The molecular formula is C7H13O2. The van der Waals surface area contributed by atoms with Crippen LogP contribution in [0.1, 0.15) is 26.2 Å². The second-order valence-corrected chi connectivity index (χ2v) is 1.93. The number of hydrogen-bond acceptors (Lipinski definition) is 2. The molecule has 9 heavy (non-hydrogen) atoms. The van der Waals surface area contributed by atoms with E-state index in [2.05, 4.69) is 18.6 Å². The lowest BCUT2D eigenvalue weighted by atomic mass is 10.3. The monoisotopic (exact) mass is 129 g/mol. The maximum atomic E-state index is 10.1. The van der Waals surface area contributed by atoms with Gasteiger partial charge in [-0.3, -0.25) is 4.79 Å². The van der Waals surface area contributed by atoms with Gasteiger partial charge in [0.05, 0.1) is 13.5 Å². The third kappa shape index (κ3) is 7.47. The van der Waals surface area contributed by atoms with Gasteiger partial charge >= 0.3 is 5.97 Å². The Hall–Kier alpha value is -0.530. The highest BCUT2D eigenvalue weighted by Gasteiger charge is 1.90.